The van der Waals surface area contributed by atoms with E-state index in [2.05, 4.69) is 51.8 Å². The highest BCUT2D eigenvalue weighted by molar-refractivity contribution is 7.99. The van der Waals surface area contributed by atoms with Crippen LogP contribution in [0.2, 0.25) is 0 Å². The van der Waals surface area contributed by atoms with Gasteiger partial charge in [0.25, 0.3) is 0 Å². The maximum Gasteiger partial charge on any atom is 0.0157 e. The number of rotatable bonds is 8. The summed E-state index contributed by atoms with van der Waals surface area (Å²) in [5.41, 5.74) is 0. The predicted molar refractivity (Wildman–Crippen MR) is 69.1 cm³/mol. The first kappa shape index (κ1) is 14.3. The number of nitrogens with one attached hydrogen (secondary N) is 1. The van der Waals surface area contributed by atoms with Gasteiger partial charge in [0.1, 0.15) is 0 Å². The first-order chi connectivity index (χ1) is 6.63. The Kier molecular flexibility index (Phi) is 8.80. The van der Waals surface area contributed by atoms with Gasteiger partial charge in [0.2, 0.25) is 0 Å². The fourth-order valence-corrected chi connectivity index (χ4v) is 2.52. The predicted octanol–water partition coefficient (Wildman–Crippen LogP) is 3.54. The molecule has 1 nitrogen and oxygen atoms in total. The fraction of sp³-hybridized carbons (Fsp3) is 1.00. The zero-order chi connectivity index (χ0) is 11.0. The third kappa shape index (κ3) is 6.72. The molecular formula is C12H27NS. The summed E-state index contributed by atoms with van der Waals surface area (Å²) in [6, 6.07) is 0.701. The summed E-state index contributed by atoms with van der Waals surface area (Å²) in [6.07, 6.45) is 3.98. The van der Waals surface area contributed by atoms with Crippen molar-refractivity contribution in [3.8, 4) is 0 Å². The molecule has 1 unspecified atom stereocenters. The van der Waals surface area contributed by atoms with Gasteiger partial charge in [0.05, 0.1) is 0 Å². The molecular weight excluding hydrogens is 190 g/mol. The van der Waals surface area contributed by atoms with E-state index in [1.807, 2.05) is 0 Å². The van der Waals surface area contributed by atoms with Crippen molar-refractivity contribution in [2.24, 2.45) is 5.92 Å². The van der Waals surface area contributed by atoms with E-state index in [4.69, 9.17) is 0 Å². The van der Waals surface area contributed by atoms with Gasteiger partial charge in [-0.05, 0) is 24.6 Å². The Bertz CT molecular complexity index is 121. The summed E-state index contributed by atoms with van der Waals surface area (Å²) < 4.78 is 0. The lowest BCUT2D eigenvalue weighted by Crippen LogP contribution is -2.30. The lowest BCUT2D eigenvalue weighted by molar-refractivity contribution is 0.397. The van der Waals surface area contributed by atoms with Crippen LogP contribution < -0.4 is 5.32 Å². The quantitative estimate of drug-likeness (QED) is 0.667. The highest BCUT2D eigenvalue weighted by Crippen LogP contribution is 2.19. The van der Waals surface area contributed by atoms with Gasteiger partial charge in [-0.25, -0.2) is 0 Å². The Balaban J connectivity index is 3.76. The van der Waals surface area contributed by atoms with E-state index in [0.29, 0.717) is 6.04 Å². The Hall–Kier alpha value is 0.310. The zero-order valence-corrected chi connectivity index (χ0v) is 11.3. The van der Waals surface area contributed by atoms with Crippen LogP contribution in [0.3, 0.4) is 0 Å². The van der Waals surface area contributed by atoms with Crippen LogP contribution in [0.5, 0.6) is 0 Å². The Morgan fingerprint density at radius 3 is 2.07 bits per heavy atom. The minimum atomic E-state index is 0.701. The monoisotopic (exact) mass is 217 g/mol. The second kappa shape index (κ2) is 8.60. The van der Waals surface area contributed by atoms with Crippen LogP contribution in [0, 0.1) is 5.92 Å². The highest BCUT2D eigenvalue weighted by atomic mass is 32.2. The molecule has 0 heterocycles. The van der Waals surface area contributed by atoms with Crippen LogP contribution in [-0.2, 0) is 0 Å². The second-order valence-corrected chi connectivity index (χ2v) is 5.90. The molecule has 0 spiro atoms. The number of hydrogen-bond acceptors (Lipinski definition) is 2. The molecule has 0 aromatic carbocycles. The van der Waals surface area contributed by atoms with Crippen LogP contribution in [0.4, 0.5) is 0 Å². The molecule has 0 saturated carbocycles. The Labute approximate surface area is 94.4 Å². The van der Waals surface area contributed by atoms with Gasteiger partial charge in [0, 0.05) is 11.8 Å². The van der Waals surface area contributed by atoms with Crippen molar-refractivity contribution >= 4 is 11.8 Å². The SMILES string of the molecule is CCC(CC)CC(CSC(C)C)NC. The molecule has 0 aromatic rings. The van der Waals surface area contributed by atoms with Crippen LogP contribution in [-0.4, -0.2) is 24.1 Å². The average molecular weight is 217 g/mol. The summed E-state index contributed by atoms with van der Waals surface area (Å²) in [6.45, 7) is 9.15. The van der Waals surface area contributed by atoms with Crippen molar-refractivity contribution in [1.82, 2.24) is 5.32 Å². The largest absolute Gasteiger partial charge is 0.316 e. The maximum atomic E-state index is 3.44. The molecule has 0 radical (unpaired) electrons. The topological polar surface area (TPSA) is 12.0 Å². The maximum absolute atomic E-state index is 3.44. The van der Waals surface area contributed by atoms with E-state index in [9.17, 15) is 0 Å². The van der Waals surface area contributed by atoms with Gasteiger partial charge in [-0.3, -0.25) is 0 Å². The van der Waals surface area contributed by atoms with Crippen molar-refractivity contribution in [2.75, 3.05) is 12.8 Å². The lowest BCUT2D eigenvalue weighted by atomic mass is 9.95. The molecule has 0 rings (SSSR count). The van der Waals surface area contributed by atoms with Crippen LogP contribution in [0.25, 0.3) is 0 Å². The molecule has 0 bridgehead atoms. The Morgan fingerprint density at radius 1 is 1.14 bits per heavy atom. The summed E-state index contributed by atoms with van der Waals surface area (Å²) in [5, 5.41) is 4.19. The Morgan fingerprint density at radius 2 is 1.71 bits per heavy atom. The van der Waals surface area contributed by atoms with Gasteiger partial charge < -0.3 is 5.32 Å². The summed E-state index contributed by atoms with van der Waals surface area (Å²) >= 11 is 2.06. The molecule has 0 amide bonds. The normalized spacial score (nSPS) is 13.9. The molecule has 0 aliphatic rings. The van der Waals surface area contributed by atoms with Crippen LogP contribution >= 0.6 is 11.8 Å². The smallest absolute Gasteiger partial charge is 0.0157 e. The van der Waals surface area contributed by atoms with E-state index >= 15 is 0 Å². The van der Waals surface area contributed by atoms with E-state index in [-0.39, 0.29) is 0 Å². The van der Waals surface area contributed by atoms with Crippen molar-refractivity contribution in [2.45, 2.75) is 58.2 Å². The summed E-state index contributed by atoms with van der Waals surface area (Å²) in [4.78, 5) is 0. The van der Waals surface area contributed by atoms with Crippen molar-refractivity contribution in [1.29, 1.82) is 0 Å². The molecule has 1 N–H and O–H groups in total. The summed E-state index contributed by atoms with van der Waals surface area (Å²) in [7, 11) is 2.09. The van der Waals surface area contributed by atoms with Crippen LogP contribution in [0.15, 0.2) is 0 Å². The third-order valence-electron chi connectivity index (χ3n) is 2.81. The van der Waals surface area contributed by atoms with Gasteiger partial charge in [-0.15, -0.1) is 0 Å². The van der Waals surface area contributed by atoms with E-state index < -0.39 is 0 Å². The fourth-order valence-electron chi connectivity index (χ4n) is 1.60. The molecule has 14 heavy (non-hydrogen) atoms. The zero-order valence-electron chi connectivity index (χ0n) is 10.5. The van der Waals surface area contributed by atoms with Crippen molar-refractivity contribution in [3.63, 3.8) is 0 Å². The van der Waals surface area contributed by atoms with E-state index in [1.54, 1.807) is 0 Å². The molecule has 0 aliphatic heterocycles. The molecule has 2 heteroatoms. The van der Waals surface area contributed by atoms with Gasteiger partial charge in [-0.2, -0.15) is 11.8 Å². The second-order valence-electron chi connectivity index (χ2n) is 4.29. The van der Waals surface area contributed by atoms with Gasteiger partial charge >= 0.3 is 0 Å². The highest BCUT2D eigenvalue weighted by Gasteiger charge is 2.12. The minimum absolute atomic E-state index is 0.701. The third-order valence-corrected chi connectivity index (χ3v) is 4.07. The molecule has 0 aliphatic carbocycles. The summed E-state index contributed by atoms with van der Waals surface area (Å²) in [5.74, 6) is 2.16. The number of thioether (sulfide) groups is 1. The standard InChI is InChI=1S/C12H27NS/c1-6-11(7-2)8-12(13-5)9-14-10(3)4/h10-13H,6-9H2,1-5H3. The lowest BCUT2D eigenvalue weighted by Gasteiger charge is -2.21. The van der Waals surface area contributed by atoms with Crippen molar-refractivity contribution < 1.29 is 0 Å². The molecule has 0 aromatic heterocycles. The van der Waals surface area contributed by atoms with E-state index in [1.165, 1.54) is 25.0 Å². The molecule has 1 atom stereocenters. The van der Waals surface area contributed by atoms with E-state index in [0.717, 1.165) is 11.2 Å². The van der Waals surface area contributed by atoms with Crippen molar-refractivity contribution in [3.05, 3.63) is 0 Å². The molecule has 0 fully saturated rings. The van der Waals surface area contributed by atoms with Gasteiger partial charge in [0.15, 0.2) is 0 Å². The first-order valence-electron chi connectivity index (χ1n) is 5.92. The van der Waals surface area contributed by atoms with Crippen LogP contribution in [0.1, 0.15) is 47.0 Å². The average Bonchev–Trinajstić information content (AvgIpc) is 2.18. The van der Waals surface area contributed by atoms with Gasteiger partial charge in [-0.1, -0.05) is 40.5 Å². The molecule has 86 valence electrons. The number of hydrogen-bond donors (Lipinski definition) is 1. The molecule has 0 saturated heterocycles. The minimum Gasteiger partial charge on any atom is -0.316 e. The first-order valence-corrected chi connectivity index (χ1v) is 6.97.